The smallest absolute Gasteiger partial charge is 0.415 e. The Hall–Kier alpha value is -3.41. The molecule has 0 radical (unpaired) electrons. The van der Waals surface area contributed by atoms with Crippen molar-refractivity contribution in [2.24, 2.45) is 0 Å². The van der Waals surface area contributed by atoms with E-state index in [1.165, 1.54) is 0 Å². The number of amides is 1. The maximum absolute atomic E-state index is 12.4. The highest BCUT2D eigenvalue weighted by molar-refractivity contribution is 5.89. The third-order valence-corrected chi connectivity index (χ3v) is 4.81. The summed E-state index contributed by atoms with van der Waals surface area (Å²) in [7, 11) is 0. The second-order valence-electron chi connectivity index (χ2n) is 6.81. The van der Waals surface area contributed by atoms with Gasteiger partial charge in [0.2, 0.25) is 5.95 Å². The van der Waals surface area contributed by atoms with Crippen LogP contribution < -0.4 is 10.2 Å². The molecule has 2 aromatic carbocycles. The van der Waals surface area contributed by atoms with Crippen molar-refractivity contribution in [1.29, 1.82) is 0 Å². The number of benzene rings is 2. The summed E-state index contributed by atoms with van der Waals surface area (Å²) in [5.41, 5.74) is 2.29. The number of aromatic nitrogens is 2. The van der Waals surface area contributed by atoms with Gasteiger partial charge in [0.1, 0.15) is 12.4 Å². The van der Waals surface area contributed by atoms with Gasteiger partial charge in [0.25, 0.3) is 0 Å². The van der Waals surface area contributed by atoms with E-state index in [-0.39, 0.29) is 18.2 Å². The summed E-state index contributed by atoms with van der Waals surface area (Å²) in [4.78, 5) is 22.8. The lowest BCUT2D eigenvalue weighted by Crippen LogP contribution is -2.35. The van der Waals surface area contributed by atoms with Crippen molar-refractivity contribution in [3.63, 3.8) is 0 Å². The van der Waals surface area contributed by atoms with Crippen LogP contribution in [0.25, 0.3) is 0 Å². The third-order valence-electron chi connectivity index (χ3n) is 4.81. The van der Waals surface area contributed by atoms with E-state index in [1.54, 1.807) is 17.2 Å². The molecule has 1 aliphatic heterocycles. The standard InChI is InChI=1S/C22H22N4O2/c1-16(18-10-6-3-7-11-18)24-21-23-13-12-20(25-21)26-19(15-28-22(26)27)14-17-8-4-2-5-9-17/h2-13,16,19H,14-15H2,1H3,(H,23,24,25)/t16-,19+/m0/s1. The molecule has 1 amide bonds. The van der Waals surface area contributed by atoms with Gasteiger partial charge in [-0.1, -0.05) is 60.7 Å². The molecule has 0 bridgehead atoms. The van der Waals surface area contributed by atoms with E-state index in [0.29, 0.717) is 24.8 Å². The van der Waals surface area contributed by atoms with Crippen molar-refractivity contribution in [3.05, 3.63) is 84.1 Å². The molecule has 28 heavy (non-hydrogen) atoms. The zero-order valence-corrected chi connectivity index (χ0v) is 15.7. The summed E-state index contributed by atoms with van der Waals surface area (Å²) in [6, 6.07) is 21.8. The molecule has 2 atom stereocenters. The van der Waals surface area contributed by atoms with E-state index in [0.717, 1.165) is 11.1 Å². The Kier molecular flexibility index (Phi) is 5.19. The Morgan fingerprint density at radius 1 is 1.11 bits per heavy atom. The van der Waals surface area contributed by atoms with E-state index in [4.69, 9.17) is 4.74 Å². The highest BCUT2D eigenvalue weighted by atomic mass is 16.6. The van der Waals surface area contributed by atoms with Gasteiger partial charge in [0.05, 0.1) is 12.1 Å². The van der Waals surface area contributed by atoms with E-state index < -0.39 is 0 Å². The number of rotatable bonds is 6. The molecule has 1 aromatic heterocycles. The lowest BCUT2D eigenvalue weighted by molar-refractivity contribution is 0.178. The van der Waals surface area contributed by atoms with Crippen molar-refractivity contribution >= 4 is 17.9 Å². The Labute approximate surface area is 164 Å². The third kappa shape index (κ3) is 3.96. The Bertz CT molecular complexity index is 934. The first-order valence-corrected chi connectivity index (χ1v) is 9.35. The molecule has 6 nitrogen and oxygen atoms in total. The van der Waals surface area contributed by atoms with Gasteiger partial charge in [-0.25, -0.2) is 9.78 Å². The zero-order valence-electron chi connectivity index (χ0n) is 15.7. The van der Waals surface area contributed by atoms with Gasteiger partial charge in [0.15, 0.2) is 0 Å². The molecular formula is C22H22N4O2. The second-order valence-corrected chi connectivity index (χ2v) is 6.81. The molecule has 4 rings (SSSR count). The van der Waals surface area contributed by atoms with E-state index in [1.807, 2.05) is 43.3 Å². The number of anilines is 2. The number of hydrogen-bond donors (Lipinski definition) is 1. The number of nitrogens with zero attached hydrogens (tertiary/aromatic N) is 3. The molecule has 142 valence electrons. The second kappa shape index (κ2) is 8.08. The fourth-order valence-corrected chi connectivity index (χ4v) is 3.35. The van der Waals surface area contributed by atoms with Gasteiger partial charge in [-0.05, 0) is 30.5 Å². The lowest BCUT2D eigenvalue weighted by atomic mass is 10.1. The lowest BCUT2D eigenvalue weighted by Gasteiger charge is -2.21. The van der Waals surface area contributed by atoms with E-state index in [2.05, 4.69) is 39.6 Å². The zero-order chi connectivity index (χ0) is 19.3. The van der Waals surface area contributed by atoms with Crippen molar-refractivity contribution in [2.45, 2.75) is 25.4 Å². The van der Waals surface area contributed by atoms with Crippen LogP contribution in [0.15, 0.2) is 72.9 Å². The molecule has 1 N–H and O–H groups in total. The normalized spacial score (nSPS) is 17.2. The van der Waals surface area contributed by atoms with Gasteiger partial charge in [-0.15, -0.1) is 0 Å². The van der Waals surface area contributed by atoms with Crippen molar-refractivity contribution < 1.29 is 9.53 Å². The SMILES string of the molecule is C[C@H](Nc1nccc(N2C(=O)OC[C@H]2Cc2ccccc2)n1)c1ccccc1. The number of cyclic esters (lactones) is 1. The van der Waals surface area contributed by atoms with Crippen LogP contribution in [-0.2, 0) is 11.2 Å². The van der Waals surface area contributed by atoms with E-state index >= 15 is 0 Å². The molecule has 1 aliphatic rings. The van der Waals surface area contributed by atoms with Gasteiger partial charge in [0, 0.05) is 6.20 Å². The maximum atomic E-state index is 12.4. The van der Waals surface area contributed by atoms with Crippen LogP contribution >= 0.6 is 0 Å². The maximum Gasteiger partial charge on any atom is 0.415 e. The van der Waals surface area contributed by atoms with Gasteiger partial charge in [-0.2, -0.15) is 4.98 Å². The fourth-order valence-electron chi connectivity index (χ4n) is 3.35. The number of hydrogen-bond acceptors (Lipinski definition) is 5. The van der Waals surface area contributed by atoms with Crippen molar-refractivity contribution in [3.8, 4) is 0 Å². The molecule has 1 saturated heterocycles. The summed E-state index contributed by atoms with van der Waals surface area (Å²) < 4.78 is 5.30. The summed E-state index contributed by atoms with van der Waals surface area (Å²) in [6.07, 6.45) is 1.99. The monoisotopic (exact) mass is 374 g/mol. The topological polar surface area (TPSA) is 67.4 Å². The van der Waals surface area contributed by atoms with Crippen LogP contribution in [0, 0.1) is 0 Å². The molecule has 0 aliphatic carbocycles. The fraction of sp³-hybridized carbons (Fsp3) is 0.227. The quantitative estimate of drug-likeness (QED) is 0.700. The predicted octanol–water partition coefficient (Wildman–Crippen LogP) is 4.22. The first-order valence-electron chi connectivity index (χ1n) is 9.35. The molecule has 0 spiro atoms. The molecule has 1 fully saturated rings. The first-order chi connectivity index (χ1) is 13.7. The largest absolute Gasteiger partial charge is 0.447 e. The summed E-state index contributed by atoms with van der Waals surface area (Å²) in [6.45, 7) is 2.40. The van der Waals surface area contributed by atoms with Crippen molar-refractivity contribution in [2.75, 3.05) is 16.8 Å². The number of nitrogens with one attached hydrogen (secondary N) is 1. The minimum absolute atomic E-state index is 0.0436. The summed E-state index contributed by atoms with van der Waals surface area (Å²) >= 11 is 0. The molecule has 3 aromatic rings. The van der Waals surface area contributed by atoms with Crippen LogP contribution in [0.4, 0.5) is 16.6 Å². The number of ether oxygens (including phenoxy) is 1. The highest BCUT2D eigenvalue weighted by Crippen LogP contribution is 2.25. The van der Waals surface area contributed by atoms with Gasteiger partial charge in [-0.3, -0.25) is 4.90 Å². The Balaban J connectivity index is 1.53. The minimum atomic E-state index is -0.373. The highest BCUT2D eigenvalue weighted by Gasteiger charge is 2.35. The average molecular weight is 374 g/mol. The Morgan fingerprint density at radius 2 is 1.82 bits per heavy atom. The molecule has 0 unspecified atom stereocenters. The van der Waals surface area contributed by atoms with Crippen LogP contribution in [0.1, 0.15) is 24.1 Å². The number of carbonyl (C=O) groups is 1. The van der Waals surface area contributed by atoms with Gasteiger partial charge >= 0.3 is 6.09 Å². The average Bonchev–Trinajstić information content (AvgIpc) is 3.09. The van der Waals surface area contributed by atoms with Gasteiger partial charge < -0.3 is 10.1 Å². The van der Waals surface area contributed by atoms with Crippen LogP contribution in [0.5, 0.6) is 0 Å². The van der Waals surface area contributed by atoms with Crippen LogP contribution in [-0.4, -0.2) is 28.7 Å². The van der Waals surface area contributed by atoms with E-state index in [9.17, 15) is 4.79 Å². The van der Waals surface area contributed by atoms with Crippen LogP contribution in [0.3, 0.4) is 0 Å². The summed E-state index contributed by atoms with van der Waals surface area (Å²) in [5.74, 6) is 1.02. The number of carbonyl (C=O) groups excluding carboxylic acids is 1. The summed E-state index contributed by atoms with van der Waals surface area (Å²) in [5, 5.41) is 3.30. The molecule has 2 heterocycles. The minimum Gasteiger partial charge on any atom is -0.447 e. The van der Waals surface area contributed by atoms with Crippen molar-refractivity contribution in [1.82, 2.24) is 9.97 Å². The van der Waals surface area contributed by atoms with Crippen LogP contribution in [0.2, 0.25) is 0 Å². The molecule has 0 saturated carbocycles. The molecule has 6 heteroatoms. The Morgan fingerprint density at radius 3 is 2.57 bits per heavy atom. The molecular weight excluding hydrogens is 352 g/mol. The predicted molar refractivity (Wildman–Crippen MR) is 108 cm³/mol. The first kappa shape index (κ1) is 18.0.